The van der Waals surface area contributed by atoms with Crippen molar-refractivity contribution in [1.29, 1.82) is 0 Å². The minimum Gasteiger partial charge on any atom is -0.383 e. The summed E-state index contributed by atoms with van der Waals surface area (Å²) in [5.41, 5.74) is 0.404. The van der Waals surface area contributed by atoms with Crippen molar-refractivity contribution in [1.82, 2.24) is 5.32 Å². The van der Waals surface area contributed by atoms with Gasteiger partial charge < -0.3 is 14.8 Å². The van der Waals surface area contributed by atoms with Crippen molar-refractivity contribution in [3.63, 3.8) is 0 Å². The lowest BCUT2D eigenvalue weighted by Gasteiger charge is -2.41. The van der Waals surface area contributed by atoms with Gasteiger partial charge in [0.2, 0.25) is 0 Å². The SMILES string of the molecule is COCCNCC1(CC2CC3CCC2C3)CCCOC1. The van der Waals surface area contributed by atoms with Crippen LogP contribution in [-0.4, -0.2) is 40.0 Å². The average molecular weight is 281 g/mol. The molecule has 0 spiro atoms. The van der Waals surface area contributed by atoms with Crippen LogP contribution in [0.3, 0.4) is 0 Å². The van der Waals surface area contributed by atoms with Gasteiger partial charge in [-0.3, -0.25) is 0 Å². The fourth-order valence-corrected chi connectivity index (χ4v) is 4.99. The van der Waals surface area contributed by atoms with Crippen molar-refractivity contribution < 1.29 is 9.47 Å². The molecule has 0 aromatic rings. The Hall–Kier alpha value is -0.120. The summed E-state index contributed by atoms with van der Waals surface area (Å²) in [6, 6.07) is 0. The van der Waals surface area contributed by atoms with Gasteiger partial charge >= 0.3 is 0 Å². The van der Waals surface area contributed by atoms with Crippen molar-refractivity contribution in [2.24, 2.45) is 23.2 Å². The highest BCUT2D eigenvalue weighted by Crippen LogP contribution is 2.52. The van der Waals surface area contributed by atoms with Crippen LogP contribution in [0, 0.1) is 23.2 Å². The summed E-state index contributed by atoms with van der Waals surface area (Å²) in [7, 11) is 1.77. The molecular formula is C17H31NO2. The van der Waals surface area contributed by atoms with Crippen molar-refractivity contribution in [2.45, 2.75) is 44.9 Å². The first kappa shape index (κ1) is 14.8. The van der Waals surface area contributed by atoms with Crippen LogP contribution in [0.25, 0.3) is 0 Å². The molecule has 0 amide bonds. The Morgan fingerprint density at radius 3 is 2.90 bits per heavy atom. The van der Waals surface area contributed by atoms with E-state index in [0.29, 0.717) is 5.41 Å². The number of ether oxygens (including phenoxy) is 2. The van der Waals surface area contributed by atoms with Gasteiger partial charge in [-0.1, -0.05) is 6.42 Å². The molecule has 3 fully saturated rings. The van der Waals surface area contributed by atoms with Crippen LogP contribution >= 0.6 is 0 Å². The number of rotatable bonds is 7. The largest absolute Gasteiger partial charge is 0.383 e. The number of methoxy groups -OCH3 is 1. The van der Waals surface area contributed by atoms with E-state index >= 15 is 0 Å². The maximum Gasteiger partial charge on any atom is 0.0587 e. The zero-order valence-electron chi connectivity index (χ0n) is 13.0. The van der Waals surface area contributed by atoms with Crippen molar-refractivity contribution in [3.05, 3.63) is 0 Å². The van der Waals surface area contributed by atoms with Gasteiger partial charge in [0, 0.05) is 32.2 Å². The number of fused-ring (bicyclic) bond motifs is 2. The third kappa shape index (κ3) is 3.37. The fourth-order valence-electron chi connectivity index (χ4n) is 4.99. The minimum absolute atomic E-state index is 0.404. The molecule has 2 aliphatic carbocycles. The molecule has 3 nitrogen and oxygen atoms in total. The second-order valence-electron chi connectivity index (χ2n) is 7.46. The molecule has 3 aliphatic rings. The molecule has 2 saturated carbocycles. The van der Waals surface area contributed by atoms with Gasteiger partial charge in [0.1, 0.15) is 0 Å². The Morgan fingerprint density at radius 2 is 2.25 bits per heavy atom. The van der Waals surface area contributed by atoms with Crippen LogP contribution in [0.5, 0.6) is 0 Å². The highest BCUT2D eigenvalue weighted by Gasteiger charge is 2.44. The predicted octanol–water partition coefficient (Wildman–Crippen LogP) is 2.85. The monoisotopic (exact) mass is 281 g/mol. The number of hydrogen-bond donors (Lipinski definition) is 1. The summed E-state index contributed by atoms with van der Waals surface area (Å²) < 4.78 is 11.0. The Balaban J connectivity index is 1.54. The van der Waals surface area contributed by atoms with Gasteiger partial charge in [-0.05, 0) is 56.3 Å². The summed E-state index contributed by atoms with van der Waals surface area (Å²) in [5.74, 6) is 3.09. The Morgan fingerprint density at radius 1 is 1.30 bits per heavy atom. The molecule has 1 aliphatic heterocycles. The van der Waals surface area contributed by atoms with E-state index < -0.39 is 0 Å². The maximum absolute atomic E-state index is 5.86. The second-order valence-corrected chi connectivity index (χ2v) is 7.46. The fraction of sp³-hybridized carbons (Fsp3) is 1.00. The van der Waals surface area contributed by atoms with Crippen LogP contribution in [0.2, 0.25) is 0 Å². The van der Waals surface area contributed by atoms with Crippen molar-refractivity contribution in [2.75, 3.05) is 40.0 Å². The van der Waals surface area contributed by atoms with E-state index in [-0.39, 0.29) is 0 Å². The number of nitrogens with one attached hydrogen (secondary N) is 1. The summed E-state index contributed by atoms with van der Waals surface area (Å²) in [4.78, 5) is 0. The van der Waals surface area contributed by atoms with E-state index in [1.807, 2.05) is 0 Å². The molecule has 1 saturated heterocycles. The number of hydrogen-bond acceptors (Lipinski definition) is 3. The standard InChI is InChI=1S/C17H31NO2/c1-19-8-6-18-12-17(5-2-7-20-13-17)11-16-10-14-3-4-15(16)9-14/h14-16,18H,2-13H2,1H3. The molecule has 0 aromatic carbocycles. The van der Waals surface area contributed by atoms with E-state index in [9.17, 15) is 0 Å². The van der Waals surface area contributed by atoms with E-state index in [0.717, 1.165) is 50.7 Å². The molecule has 0 aromatic heterocycles. The zero-order valence-corrected chi connectivity index (χ0v) is 13.0. The van der Waals surface area contributed by atoms with Crippen LogP contribution < -0.4 is 5.32 Å². The van der Waals surface area contributed by atoms with Gasteiger partial charge in [-0.2, -0.15) is 0 Å². The summed E-state index contributed by atoms with van der Waals surface area (Å²) >= 11 is 0. The molecule has 116 valence electrons. The zero-order chi connectivity index (χ0) is 13.8. The highest BCUT2D eigenvalue weighted by molar-refractivity contribution is 4.95. The molecule has 4 unspecified atom stereocenters. The van der Waals surface area contributed by atoms with Crippen LogP contribution in [0.1, 0.15) is 44.9 Å². The van der Waals surface area contributed by atoms with Gasteiger partial charge in [-0.25, -0.2) is 0 Å². The van der Waals surface area contributed by atoms with Crippen molar-refractivity contribution >= 4 is 0 Å². The lowest BCUT2D eigenvalue weighted by molar-refractivity contribution is -0.0253. The molecule has 1 N–H and O–H groups in total. The molecule has 0 radical (unpaired) electrons. The lowest BCUT2D eigenvalue weighted by Crippen LogP contribution is -2.43. The van der Waals surface area contributed by atoms with Gasteiger partial charge in [-0.15, -0.1) is 0 Å². The second kappa shape index (κ2) is 6.76. The normalized spacial score (nSPS) is 40.4. The Kier molecular flexibility index (Phi) is 5.00. The van der Waals surface area contributed by atoms with Crippen LogP contribution in [-0.2, 0) is 9.47 Å². The maximum atomic E-state index is 5.86. The smallest absolute Gasteiger partial charge is 0.0587 e. The predicted molar refractivity (Wildman–Crippen MR) is 80.8 cm³/mol. The topological polar surface area (TPSA) is 30.5 Å². The molecule has 3 rings (SSSR count). The van der Waals surface area contributed by atoms with Gasteiger partial charge in [0.15, 0.2) is 0 Å². The summed E-state index contributed by atoms with van der Waals surface area (Å²) in [6.07, 6.45) is 10.0. The van der Waals surface area contributed by atoms with E-state index in [1.54, 1.807) is 7.11 Å². The Bertz CT molecular complexity index is 301. The third-order valence-electron chi connectivity index (χ3n) is 5.97. The Labute approximate surface area is 123 Å². The summed E-state index contributed by atoms with van der Waals surface area (Å²) in [5, 5.41) is 3.61. The minimum atomic E-state index is 0.404. The van der Waals surface area contributed by atoms with E-state index in [1.165, 1.54) is 44.9 Å². The van der Waals surface area contributed by atoms with E-state index in [4.69, 9.17) is 9.47 Å². The average Bonchev–Trinajstić information content (AvgIpc) is 3.07. The molecule has 4 atom stereocenters. The summed E-state index contributed by atoms with van der Waals surface area (Å²) in [6.45, 7) is 4.84. The van der Waals surface area contributed by atoms with Crippen LogP contribution in [0.4, 0.5) is 0 Å². The highest BCUT2D eigenvalue weighted by atomic mass is 16.5. The first-order valence-electron chi connectivity index (χ1n) is 8.59. The molecule has 1 heterocycles. The lowest BCUT2D eigenvalue weighted by atomic mass is 9.71. The van der Waals surface area contributed by atoms with Crippen molar-refractivity contribution in [3.8, 4) is 0 Å². The van der Waals surface area contributed by atoms with E-state index in [2.05, 4.69) is 5.32 Å². The third-order valence-corrected chi connectivity index (χ3v) is 5.97. The molecule has 3 heteroatoms. The quantitative estimate of drug-likeness (QED) is 0.728. The molecule has 20 heavy (non-hydrogen) atoms. The van der Waals surface area contributed by atoms with Gasteiger partial charge in [0.05, 0.1) is 13.2 Å². The van der Waals surface area contributed by atoms with Crippen LogP contribution in [0.15, 0.2) is 0 Å². The first-order valence-corrected chi connectivity index (χ1v) is 8.59. The first-order chi connectivity index (χ1) is 9.81. The van der Waals surface area contributed by atoms with Gasteiger partial charge in [0.25, 0.3) is 0 Å². The molecular weight excluding hydrogens is 250 g/mol. The molecule has 2 bridgehead atoms.